The van der Waals surface area contributed by atoms with E-state index in [1.54, 1.807) is 0 Å². The van der Waals surface area contributed by atoms with Gasteiger partial charge in [0.05, 0.1) is 0 Å². The number of carbonyl (C=O) groups excluding carboxylic acids is 1. The molecule has 2 atom stereocenters. The molecule has 0 N–H and O–H groups in total. The monoisotopic (exact) mass is 183 g/mol. The van der Waals surface area contributed by atoms with E-state index in [-0.39, 0.29) is 5.41 Å². The Morgan fingerprint density at radius 1 is 1.46 bits per heavy atom. The van der Waals surface area contributed by atoms with Gasteiger partial charge in [-0.3, -0.25) is 4.90 Å². The van der Waals surface area contributed by atoms with Crippen molar-refractivity contribution >= 4 is 6.29 Å². The van der Waals surface area contributed by atoms with Crippen molar-refractivity contribution < 1.29 is 4.79 Å². The lowest BCUT2D eigenvalue weighted by Crippen LogP contribution is -2.38. The van der Waals surface area contributed by atoms with Crippen LogP contribution in [0.4, 0.5) is 0 Å². The van der Waals surface area contributed by atoms with Gasteiger partial charge in [-0.1, -0.05) is 20.8 Å². The Kier molecular flexibility index (Phi) is 3.12. The van der Waals surface area contributed by atoms with Crippen LogP contribution in [0.2, 0.25) is 0 Å². The largest absolute Gasteiger partial charge is 0.303 e. The summed E-state index contributed by atoms with van der Waals surface area (Å²) in [4.78, 5) is 13.2. The van der Waals surface area contributed by atoms with E-state index in [2.05, 4.69) is 18.7 Å². The standard InChI is InChI=1S/C11H21NO/c1-9-5-6-12(10(9)2)7-11(3,4)8-13/h8-10H,5-7H2,1-4H3. The molecule has 0 bridgehead atoms. The van der Waals surface area contributed by atoms with E-state index in [9.17, 15) is 4.79 Å². The fourth-order valence-electron chi connectivity index (χ4n) is 1.96. The fourth-order valence-corrected chi connectivity index (χ4v) is 1.96. The predicted molar refractivity (Wildman–Crippen MR) is 54.7 cm³/mol. The van der Waals surface area contributed by atoms with Gasteiger partial charge in [-0.2, -0.15) is 0 Å². The summed E-state index contributed by atoms with van der Waals surface area (Å²) in [5.41, 5.74) is -0.182. The van der Waals surface area contributed by atoms with Gasteiger partial charge in [-0.05, 0) is 25.8 Å². The SMILES string of the molecule is CC1CCN(CC(C)(C)C=O)C1C. The summed E-state index contributed by atoms with van der Waals surface area (Å²) >= 11 is 0. The Labute approximate surface area is 81.3 Å². The molecule has 76 valence electrons. The van der Waals surface area contributed by atoms with Gasteiger partial charge >= 0.3 is 0 Å². The van der Waals surface area contributed by atoms with Gasteiger partial charge in [0, 0.05) is 18.0 Å². The van der Waals surface area contributed by atoms with Crippen molar-refractivity contribution in [3.8, 4) is 0 Å². The number of nitrogens with zero attached hydrogens (tertiary/aromatic N) is 1. The van der Waals surface area contributed by atoms with E-state index < -0.39 is 0 Å². The van der Waals surface area contributed by atoms with Gasteiger partial charge in [0.2, 0.25) is 0 Å². The molecular weight excluding hydrogens is 162 g/mol. The number of rotatable bonds is 3. The summed E-state index contributed by atoms with van der Waals surface area (Å²) in [6.45, 7) is 10.6. The van der Waals surface area contributed by atoms with Crippen molar-refractivity contribution in [2.75, 3.05) is 13.1 Å². The maximum absolute atomic E-state index is 10.8. The zero-order chi connectivity index (χ0) is 10.1. The summed E-state index contributed by atoms with van der Waals surface area (Å²) in [5, 5.41) is 0. The summed E-state index contributed by atoms with van der Waals surface area (Å²) in [6, 6.07) is 0.638. The summed E-state index contributed by atoms with van der Waals surface area (Å²) in [5.74, 6) is 0.780. The molecule has 0 aromatic carbocycles. The first kappa shape index (κ1) is 10.7. The number of hydrogen-bond acceptors (Lipinski definition) is 2. The van der Waals surface area contributed by atoms with Crippen LogP contribution in [0.5, 0.6) is 0 Å². The molecule has 1 aliphatic heterocycles. The Balaban J connectivity index is 2.51. The normalized spacial score (nSPS) is 30.8. The highest BCUT2D eigenvalue weighted by molar-refractivity contribution is 5.58. The summed E-state index contributed by atoms with van der Waals surface area (Å²) in [6.07, 6.45) is 2.35. The van der Waals surface area contributed by atoms with Gasteiger partial charge in [0.1, 0.15) is 6.29 Å². The highest BCUT2D eigenvalue weighted by Gasteiger charge is 2.31. The van der Waals surface area contributed by atoms with E-state index in [1.807, 2.05) is 13.8 Å². The van der Waals surface area contributed by atoms with E-state index in [0.717, 1.165) is 25.3 Å². The van der Waals surface area contributed by atoms with Gasteiger partial charge < -0.3 is 4.79 Å². The average Bonchev–Trinajstić information content (AvgIpc) is 2.36. The molecule has 0 amide bonds. The topological polar surface area (TPSA) is 20.3 Å². The molecule has 0 aromatic rings. The molecule has 13 heavy (non-hydrogen) atoms. The third-order valence-corrected chi connectivity index (χ3v) is 3.20. The highest BCUT2D eigenvalue weighted by atomic mass is 16.1. The molecule has 0 saturated carbocycles. The molecule has 2 heteroatoms. The van der Waals surface area contributed by atoms with E-state index in [4.69, 9.17) is 0 Å². The van der Waals surface area contributed by atoms with Crippen LogP contribution in [0.3, 0.4) is 0 Å². The third-order valence-electron chi connectivity index (χ3n) is 3.20. The second kappa shape index (κ2) is 3.79. The zero-order valence-corrected chi connectivity index (χ0v) is 9.21. The number of hydrogen-bond donors (Lipinski definition) is 0. The van der Waals surface area contributed by atoms with Crippen LogP contribution in [0.25, 0.3) is 0 Å². The van der Waals surface area contributed by atoms with Crippen LogP contribution in [0.1, 0.15) is 34.1 Å². The fraction of sp³-hybridized carbons (Fsp3) is 0.909. The molecule has 0 radical (unpaired) electrons. The lowest BCUT2D eigenvalue weighted by molar-refractivity contribution is -0.115. The van der Waals surface area contributed by atoms with Gasteiger partial charge in [0.25, 0.3) is 0 Å². The van der Waals surface area contributed by atoms with Crippen molar-refractivity contribution in [1.29, 1.82) is 0 Å². The van der Waals surface area contributed by atoms with E-state index in [0.29, 0.717) is 6.04 Å². The average molecular weight is 183 g/mol. The van der Waals surface area contributed by atoms with Crippen molar-refractivity contribution in [2.45, 2.75) is 40.2 Å². The molecule has 0 aromatic heterocycles. The molecule has 1 saturated heterocycles. The molecule has 1 fully saturated rings. The summed E-state index contributed by atoms with van der Waals surface area (Å²) < 4.78 is 0. The van der Waals surface area contributed by atoms with Crippen molar-refractivity contribution in [1.82, 2.24) is 4.90 Å². The molecular formula is C11H21NO. The molecule has 1 heterocycles. The number of carbonyl (C=O) groups is 1. The second-order valence-electron chi connectivity index (χ2n) is 5.08. The molecule has 0 aliphatic carbocycles. The van der Waals surface area contributed by atoms with E-state index >= 15 is 0 Å². The minimum absolute atomic E-state index is 0.182. The third kappa shape index (κ3) is 2.53. The minimum atomic E-state index is -0.182. The van der Waals surface area contributed by atoms with Crippen molar-refractivity contribution in [3.05, 3.63) is 0 Å². The first-order valence-electron chi connectivity index (χ1n) is 5.16. The lowest BCUT2D eigenvalue weighted by atomic mass is 9.94. The van der Waals surface area contributed by atoms with E-state index in [1.165, 1.54) is 6.42 Å². The lowest BCUT2D eigenvalue weighted by Gasteiger charge is -2.29. The van der Waals surface area contributed by atoms with Gasteiger partial charge in [-0.25, -0.2) is 0 Å². The molecule has 1 rings (SSSR count). The molecule has 1 aliphatic rings. The Hall–Kier alpha value is -0.370. The van der Waals surface area contributed by atoms with Crippen molar-refractivity contribution in [2.24, 2.45) is 11.3 Å². The van der Waals surface area contributed by atoms with Crippen LogP contribution in [-0.4, -0.2) is 30.3 Å². The zero-order valence-electron chi connectivity index (χ0n) is 9.21. The second-order valence-corrected chi connectivity index (χ2v) is 5.08. The molecule has 2 nitrogen and oxygen atoms in total. The first-order valence-corrected chi connectivity index (χ1v) is 5.16. The van der Waals surface area contributed by atoms with Crippen molar-refractivity contribution in [3.63, 3.8) is 0 Å². The Morgan fingerprint density at radius 2 is 2.08 bits per heavy atom. The van der Waals surface area contributed by atoms with Crippen LogP contribution in [0, 0.1) is 11.3 Å². The predicted octanol–water partition coefficient (Wildman–Crippen LogP) is 1.94. The Bertz CT molecular complexity index is 189. The molecule has 0 spiro atoms. The van der Waals surface area contributed by atoms with Gasteiger partial charge in [0.15, 0.2) is 0 Å². The van der Waals surface area contributed by atoms with Crippen LogP contribution >= 0.6 is 0 Å². The van der Waals surface area contributed by atoms with Crippen LogP contribution in [-0.2, 0) is 4.79 Å². The smallest absolute Gasteiger partial charge is 0.126 e. The molecule has 2 unspecified atom stereocenters. The van der Waals surface area contributed by atoms with Crippen LogP contribution < -0.4 is 0 Å². The maximum Gasteiger partial charge on any atom is 0.126 e. The number of aldehydes is 1. The quantitative estimate of drug-likeness (QED) is 0.623. The van der Waals surface area contributed by atoms with Crippen LogP contribution in [0.15, 0.2) is 0 Å². The highest BCUT2D eigenvalue weighted by Crippen LogP contribution is 2.26. The minimum Gasteiger partial charge on any atom is -0.303 e. The first-order chi connectivity index (χ1) is 5.96. The van der Waals surface area contributed by atoms with Gasteiger partial charge in [-0.15, -0.1) is 0 Å². The summed E-state index contributed by atoms with van der Waals surface area (Å²) in [7, 11) is 0. The number of likely N-dealkylation sites (tertiary alicyclic amines) is 1. The maximum atomic E-state index is 10.8. The Morgan fingerprint density at radius 3 is 2.46 bits per heavy atom.